The minimum absolute atomic E-state index is 0.113. The van der Waals surface area contributed by atoms with Crippen LogP contribution in [-0.4, -0.2) is 24.1 Å². The predicted octanol–water partition coefficient (Wildman–Crippen LogP) is 3.72. The number of pyridine rings is 1. The summed E-state index contributed by atoms with van der Waals surface area (Å²) in [5.41, 5.74) is 0.768. The largest absolute Gasteiger partial charge is 0.391 e. The number of carbonyl (C=O) groups excluding carboxylic acids is 1. The standard InChI is InChI=1S/C15H19F3N2O/c1-10-5-3-8-13(19-10)20(2)14(21)11-6-4-7-12(9-11)15(16,17)18/h3,5,8,11-12H,4,6-7,9H2,1-2H3/t11-,12+/m0/s1. The maximum absolute atomic E-state index is 12.8. The molecule has 1 saturated carbocycles. The molecule has 1 aromatic heterocycles. The molecule has 0 bridgehead atoms. The van der Waals surface area contributed by atoms with E-state index in [1.807, 2.05) is 13.0 Å². The van der Waals surface area contributed by atoms with Gasteiger partial charge in [0.1, 0.15) is 5.82 Å². The molecule has 1 aromatic rings. The summed E-state index contributed by atoms with van der Waals surface area (Å²) in [5, 5.41) is 0. The fraction of sp³-hybridized carbons (Fsp3) is 0.600. The van der Waals surface area contributed by atoms with Crippen LogP contribution in [0.2, 0.25) is 0 Å². The van der Waals surface area contributed by atoms with Gasteiger partial charge >= 0.3 is 6.18 Å². The van der Waals surface area contributed by atoms with Gasteiger partial charge < -0.3 is 0 Å². The Morgan fingerprint density at radius 3 is 2.67 bits per heavy atom. The van der Waals surface area contributed by atoms with E-state index in [0.29, 0.717) is 18.7 Å². The quantitative estimate of drug-likeness (QED) is 0.834. The number of carbonyl (C=O) groups is 1. The number of halogens is 3. The van der Waals surface area contributed by atoms with Gasteiger partial charge in [0.05, 0.1) is 5.92 Å². The van der Waals surface area contributed by atoms with E-state index >= 15 is 0 Å². The molecular formula is C15H19F3N2O. The van der Waals surface area contributed by atoms with Crippen LogP contribution in [0.1, 0.15) is 31.4 Å². The molecule has 0 aliphatic heterocycles. The minimum Gasteiger partial charge on any atom is -0.300 e. The van der Waals surface area contributed by atoms with Crippen LogP contribution in [0.5, 0.6) is 0 Å². The molecule has 0 unspecified atom stereocenters. The highest BCUT2D eigenvalue weighted by atomic mass is 19.4. The summed E-state index contributed by atoms with van der Waals surface area (Å²) in [5.74, 6) is -1.73. The molecule has 1 aliphatic rings. The lowest BCUT2D eigenvalue weighted by atomic mass is 9.80. The number of nitrogens with zero attached hydrogens (tertiary/aromatic N) is 2. The first-order valence-corrected chi connectivity index (χ1v) is 7.07. The van der Waals surface area contributed by atoms with E-state index in [0.717, 1.165) is 5.69 Å². The SMILES string of the molecule is Cc1cccc(N(C)C(=O)[C@H]2CCC[C@@H](C(F)(F)F)C2)n1. The molecule has 21 heavy (non-hydrogen) atoms. The second-order valence-corrected chi connectivity index (χ2v) is 5.64. The Balaban J connectivity index is 2.09. The lowest BCUT2D eigenvalue weighted by Crippen LogP contribution is -2.38. The van der Waals surface area contributed by atoms with Gasteiger partial charge in [-0.05, 0) is 38.3 Å². The van der Waals surface area contributed by atoms with Crippen LogP contribution in [0.4, 0.5) is 19.0 Å². The van der Waals surface area contributed by atoms with Crippen LogP contribution in [0, 0.1) is 18.8 Å². The molecule has 1 amide bonds. The van der Waals surface area contributed by atoms with Crippen molar-refractivity contribution in [1.82, 2.24) is 4.98 Å². The second-order valence-electron chi connectivity index (χ2n) is 5.64. The van der Waals surface area contributed by atoms with Crippen LogP contribution in [0.25, 0.3) is 0 Å². The van der Waals surface area contributed by atoms with E-state index in [2.05, 4.69) is 4.98 Å². The molecule has 0 N–H and O–H groups in total. The Labute approximate surface area is 122 Å². The number of hydrogen-bond donors (Lipinski definition) is 0. The molecule has 2 rings (SSSR count). The average Bonchev–Trinajstić information content (AvgIpc) is 2.45. The van der Waals surface area contributed by atoms with Crippen molar-refractivity contribution in [3.8, 4) is 0 Å². The first-order valence-electron chi connectivity index (χ1n) is 7.07. The van der Waals surface area contributed by atoms with Crippen molar-refractivity contribution >= 4 is 11.7 Å². The first kappa shape index (κ1) is 15.8. The number of alkyl halides is 3. The Morgan fingerprint density at radius 2 is 2.05 bits per heavy atom. The van der Waals surface area contributed by atoms with Crippen LogP contribution in [-0.2, 0) is 4.79 Å². The third kappa shape index (κ3) is 3.74. The topological polar surface area (TPSA) is 33.2 Å². The van der Waals surface area contributed by atoms with Gasteiger partial charge in [-0.1, -0.05) is 12.5 Å². The fourth-order valence-electron chi connectivity index (χ4n) is 2.81. The van der Waals surface area contributed by atoms with E-state index in [9.17, 15) is 18.0 Å². The monoisotopic (exact) mass is 300 g/mol. The van der Waals surface area contributed by atoms with Crippen molar-refractivity contribution < 1.29 is 18.0 Å². The zero-order valence-corrected chi connectivity index (χ0v) is 12.2. The summed E-state index contributed by atoms with van der Waals surface area (Å²) in [4.78, 5) is 18.0. The maximum Gasteiger partial charge on any atom is 0.391 e. The highest BCUT2D eigenvalue weighted by Gasteiger charge is 2.44. The van der Waals surface area contributed by atoms with Crippen LogP contribution in [0.3, 0.4) is 0 Å². The first-order chi connectivity index (χ1) is 9.79. The Morgan fingerprint density at radius 1 is 1.33 bits per heavy atom. The third-order valence-corrected chi connectivity index (χ3v) is 4.03. The smallest absolute Gasteiger partial charge is 0.300 e. The third-order valence-electron chi connectivity index (χ3n) is 4.03. The summed E-state index contributed by atoms with van der Waals surface area (Å²) >= 11 is 0. The Kier molecular flexibility index (Phi) is 4.54. The summed E-state index contributed by atoms with van der Waals surface area (Å²) in [6.07, 6.45) is -3.24. The van der Waals surface area contributed by atoms with Crippen LogP contribution < -0.4 is 4.90 Å². The van der Waals surface area contributed by atoms with E-state index in [4.69, 9.17) is 0 Å². The minimum atomic E-state index is -4.21. The normalized spacial score (nSPS) is 22.9. The number of amides is 1. The number of anilines is 1. The molecule has 0 spiro atoms. The molecule has 1 fully saturated rings. The number of aromatic nitrogens is 1. The molecule has 1 aliphatic carbocycles. The van der Waals surface area contributed by atoms with E-state index in [-0.39, 0.29) is 18.7 Å². The lowest BCUT2D eigenvalue weighted by molar-refractivity contribution is -0.186. The van der Waals surface area contributed by atoms with Gasteiger partial charge in [-0.25, -0.2) is 4.98 Å². The molecule has 116 valence electrons. The molecule has 2 atom stereocenters. The van der Waals surface area contributed by atoms with Crippen LogP contribution >= 0.6 is 0 Å². The Hall–Kier alpha value is -1.59. The molecular weight excluding hydrogens is 281 g/mol. The maximum atomic E-state index is 12.8. The van der Waals surface area contributed by atoms with Crippen molar-refractivity contribution in [2.45, 2.75) is 38.8 Å². The van der Waals surface area contributed by atoms with Gasteiger partial charge in [0.2, 0.25) is 5.91 Å². The van der Waals surface area contributed by atoms with Gasteiger partial charge in [-0.2, -0.15) is 13.2 Å². The lowest BCUT2D eigenvalue weighted by Gasteiger charge is -2.31. The van der Waals surface area contributed by atoms with Gasteiger partial charge in [0.25, 0.3) is 0 Å². The number of aryl methyl sites for hydroxylation is 1. The van der Waals surface area contributed by atoms with Crippen LogP contribution in [0.15, 0.2) is 18.2 Å². The van der Waals surface area contributed by atoms with E-state index in [1.165, 1.54) is 4.90 Å². The predicted molar refractivity (Wildman–Crippen MR) is 73.9 cm³/mol. The van der Waals surface area contributed by atoms with E-state index < -0.39 is 18.0 Å². The summed E-state index contributed by atoms with van der Waals surface area (Å²) in [6.45, 7) is 1.81. The fourth-order valence-corrected chi connectivity index (χ4v) is 2.81. The molecule has 0 saturated heterocycles. The average molecular weight is 300 g/mol. The van der Waals surface area contributed by atoms with Gasteiger partial charge in [0, 0.05) is 18.7 Å². The van der Waals surface area contributed by atoms with Crippen molar-refractivity contribution in [3.63, 3.8) is 0 Å². The number of hydrogen-bond acceptors (Lipinski definition) is 2. The van der Waals surface area contributed by atoms with Crippen molar-refractivity contribution in [2.24, 2.45) is 11.8 Å². The van der Waals surface area contributed by atoms with Gasteiger partial charge in [-0.3, -0.25) is 9.69 Å². The highest BCUT2D eigenvalue weighted by molar-refractivity contribution is 5.93. The zero-order valence-electron chi connectivity index (χ0n) is 12.2. The van der Waals surface area contributed by atoms with Crippen molar-refractivity contribution in [2.75, 3.05) is 11.9 Å². The molecule has 3 nitrogen and oxygen atoms in total. The van der Waals surface area contributed by atoms with Gasteiger partial charge in [0.15, 0.2) is 0 Å². The van der Waals surface area contributed by atoms with Crippen molar-refractivity contribution in [1.29, 1.82) is 0 Å². The number of rotatable bonds is 2. The molecule has 0 radical (unpaired) electrons. The van der Waals surface area contributed by atoms with Gasteiger partial charge in [-0.15, -0.1) is 0 Å². The summed E-state index contributed by atoms with van der Waals surface area (Å²) in [6, 6.07) is 5.28. The van der Waals surface area contributed by atoms with E-state index in [1.54, 1.807) is 19.2 Å². The zero-order chi connectivity index (χ0) is 15.6. The molecule has 0 aromatic carbocycles. The molecule has 6 heteroatoms. The van der Waals surface area contributed by atoms with Crippen molar-refractivity contribution in [3.05, 3.63) is 23.9 Å². The second kappa shape index (κ2) is 6.03. The summed E-state index contributed by atoms with van der Waals surface area (Å²) < 4.78 is 38.5. The highest BCUT2D eigenvalue weighted by Crippen LogP contribution is 2.40. The molecule has 1 heterocycles. The summed E-state index contributed by atoms with van der Waals surface area (Å²) in [7, 11) is 1.57. The Bertz CT molecular complexity index is 516.